The molecule has 4 nitrogen and oxygen atoms in total. The Morgan fingerprint density at radius 1 is 1.19 bits per heavy atom. The molecule has 1 aliphatic rings. The Morgan fingerprint density at radius 2 is 1.86 bits per heavy atom. The lowest BCUT2D eigenvalue weighted by Gasteiger charge is -2.35. The predicted molar refractivity (Wildman–Crippen MR) is 73.2 cm³/mol. The Bertz CT molecular complexity index is 522. The van der Waals surface area contributed by atoms with E-state index in [1.807, 2.05) is 20.8 Å². The minimum Gasteiger partial charge on any atom is -0.490 e. The predicted octanol–water partition coefficient (Wildman–Crippen LogP) is 3.40. The summed E-state index contributed by atoms with van der Waals surface area (Å²) in [5.41, 5.74) is -0.345. The third-order valence-electron chi connectivity index (χ3n) is 3.00. The SMILES string of the molecule is CC(C)(C)NC(=O)OC1CC(Oc2ccc(F)c(F)c2)C1. The molecule has 0 aliphatic heterocycles. The molecule has 0 unspecified atom stereocenters. The van der Waals surface area contributed by atoms with Crippen molar-refractivity contribution in [1.82, 2.24) is 5.32 Å². The third kappa shape index (κ3) is 4.58. The van der Waals surface area contributed by atoms with Crippen molar-refractivity contribution in [2.24, 2.45) is 0 Å². The second kappa shape index (κ2) is 5.87. The first-order valence-corrected chi connectivity index (χ1v) is 6.83. The molecule has 0 heterocycles. The van der Waals surface area contributed by atoms with Gasteiger partial charge < -0.3 is 14.8 Å². The van der Waals surface area contributed by atoms with Gasteiger partial charge in [-0.3, -0.25) is 0 Å². The van der Waals surface area contributed by atoms with Crippen LogP contribution in [0.3, 0.4) is 0 Å². The van der Waals surface area contributed by atoms with Gasteiger partial charge >= 0.3 is 6.09 Å². The van der Waals surface area contributed by atoms with Gasteiger partial charge in [0.25, 0.3) is 0 Å². The highest BCUT2D eigenvalue weighted by Crippen LogP contribution is 2.29. The van der Waals surface area contributed by atoms with Gasteiger partial charge in [-0.15, -0.1) is 0 Å². The molecule has 0 saturated heterocycles. The molecule has 1 N–H and O–H groups in total. The van der Waals surface area contributed by atoms with Crippen LogP contribution in [0.25, 0.3) is 0 Å². The molecule has 1 saturated carbocycles. The van der Waals surface area contributed by atoms with Gasteiger partial charge in [-0.1, -0.05) is 0 Å². The molecule has 0 radical (unpaired) electrons. The molecule has 1 aromatic carbocycles. The number of carbonyl (C=O) groups excluding carboxylic acids is 1. The lowest BCUT2D eigenvalue weighted by atomic mass is 9.92. The second-order valence-electron chi connectivity index (χ2n) is 6.19. The fourth-order valence-corrected chi connectivity index (χ4v) is 1.94. The van der Waals surface area contributed by atoms with Crippen LogP contribution in [0.1, 0.15) is 33.6 Å². The first-order chi connectivity index (χ1) is 9.73. The largest absolute Gasteiger partial charge is 0.490 e. The van der Waals surface area contributed by atoms with Crippen molar-refractivity contribution in [1.29, 1.82) is 0 Å². The molecule has 0 spiro atoms. The van der Waals surface area contributed by atoms with Crippen LogP contribution in [0.5, 0.6) is 5.75 Å². The van der Waals surface area contributed by atoms with Crippen LogP contribution in [0, 0.1) is 11.6 Å². The van der Waals surface area contributed by atoms with Crippen molar-refractivity contribution in [2.75, 3.05) is 0 Å². The molecule has 1 amide bonds. The Morgan fingerprint density at radius 3 is 2.43 bits per heavy atom. The van der Waals surface area contributed by atoms with Crippen molar-refractivity contribution in [3.8, 4) is 5.75 Å². The van der Waals surface area contributed by atoms with E-state index in [4.69, 9.17) is 9.47 Å². The van der Waals surface area contributed by atoms with Crippen LogP contribution in [0.2, 0.25) is 0 Å². The van der Waals surface area contributed by atoms with Gasteiger partial charge in [-0.2, -0.15) is 0 Å². The summed E-state index contributed by atoms with van der Waals surface area (Å²) >= 11 is 0. The summed E-state index contributed by atoms with van der Waals surface area (Å²) in [5.74, 6) is -1.57. The average Bonchev–Trinajstić information content (AvgIpc) is 2.28. The number of amides is 1. The summed E-state index contributed by atoms with van der Waals surface area (Å²) in [7, 11) is 0. The van der Waals surface area contributed by atoms with E-state index in [9.17, 15) is 13.6 Å². The normalized spacial score (nSPS) is 21.4. The second-order valence-corrected chi connectivity index (χ2v) is 6.19. The van der Waals surface area contributed by atoms with Gasteiger partial charge in [0.05, 0.1) is 0 Å². The fourth-order valence-electron chi connectivity index (χ4n) is 1.94. The molecule has 0 aromatic heterocycles. The average molecular weight is 299 g/mol. The number of rotatable bonds is 3. The van der Waals surface area contributed by atoms with Gasteiger partial charge in [0, 0.05) is 24.4 Å². The van der Waals surface area contributed by atoms with E-state index in [0.717, 1.165) is 12.1 Å². The zero-order valence-corrected chi connectivity index (χ0v) is 12.3. The van der Waals surface area contributed by atoms with Gasteiger partial charge in [-0.05, 0) is 32.9 Å². The molecule has 2 rings (SSSR count). The summed E-state index contributed by atoms with van der Waals surface area (Å²) in [6.07, 6.45) is 0.261. The Labute approximate surface area is 122 Å². The molecule has 0 atom stereocenters. The van der Waals surface area contributed by atoms with E-state index >= 15 is 0 Å². The number of halogens is 2. The number of ether oxygens (including phenoxy) is 2. The van der Waals surface area contributed by atoms with Crippen molar-refractivity contribution in [2.45, 2.75) is 51.4 Å². The number of nitrogens with one attached hydrogen (secondary N) is 1. The molecular formula is C15H19F2NO3. The van der Waals surface area contributed by atoms with Crippen molar-refractivity contribution >= 4 is 6.09 Å². The highest BCUT2D eigenvalue weighted by Gasteiger charge is 2.34. The minimum atomic E-state index is -0.941. The van der Waals surface area contributed by atoms with E-state index in [1.54, 1.807) is 0 Å². The summed E-state index contributed by atoms with van der Waals surface area (Å²) < 4.78 is 36.5. The maximum absolute atomic E-state index is 13.0. The number of alkyl carbamates (subject to hydrolysis) is 1. The summed E-state index contributed by atoms with van der Waals surface area (Å²) in [6.45, 7) is 5.60. The lowest BCUT2D eigenvalue weighted by Crippen LogP contribution is -2.46. The van der Waals surface area contributed by atoms with Crippen molar-refractivity contribution < 1.29 is 23.0 Å². The highest BCUT2D eigenvalue weighted by atomic mass is 19.2. The molecule has 1 aromatic rings. The van der Waals surface area contributed by atoms with E-state index in [2.05, 4.69) is 5.32 Å². The smallest absolute Gasteiger partial charge is 0.407 e. The summed E-state index contributed by atoms with van der Waals surface area (Å²) in [6, 6.07) is 3.41. The van der Waals surface area contributed by atoms with Crippen LogP contribution in [0.15, 0.2) is 18.2 Å². The topological polar surface area (TPSA) is 47.6 Å². The van der Waals surface area contributed by atoms with Crippen LogP contribution >= 0.6 is 0 Å². The molecule has 1 aliphatic carbocycles. The van der Waals surface area contributed by atoms with E-state index in [0.29, 0.717) is 12.8 Å². The van der Waals surface area contributed by atoms with Gasteiger partial charge in [-0.25, -0.2) is 13.6 Å². The molecule has 116 valence electrons. The van der Waals surface area contributed by atoms with Gasteiger partial charge in [0.1, 0.15) is 18.0 Å². The standard InChI is InChI=1S/C15H19F2NO3/c1-15(2,3)18-14(19)21-11-6-10(7-11)20-9-4-5-12(16)13(17)8-9/h4-5,8,10-11H,6-7H2,1-3H3,(H,18,19). The minimum absolute atomic E-state index is 0.151. The third-order valence-corrected chi connectivity index (χ3v) is 3.00. The fraction of sp³-hybridized carbons (Fsp3) is 0.533. The molecular weight excluding hydrogens is 280 g/mol. The van der Waals surface area contributed by atoms with Crippen molar-refractivity contribution in [3.05, 3.63) is 29.8 Å². The number of carbonyl (C=O) groups is 1. The lowest BCUT2D eigenvalue weighted by molar-refractivity contribution is -0.0244. The Hall–Kier alpha value is -1.85. The first kappa shape index (κ1) is 15.5. The van der Waals surface area contributed by atoms with E-state index < -0.39 is 17.7 Å². The zero-order chi connectivity index (χ0) is 15.6. The van der Waals surface area contributed by atoms with E-state index in [1.165, 1.54) is 6.07 Å². The van der Waals surface area contributed by atoms with Gasteiger partial charge in [0.2, 0.25) is 0 Å². The highest BCUT2D eigenvalue weighted by molar-refractivity contribution is 5.68. The van der Waals surface area contributed by atoms with Gasteiger partial charge in [0.15, 0.2) is 11.6 Å². The monoisotopic (exact) mass is 299 g/mol. The number of hydrogen-bond acceptors (Lipinski definition) is 3. The summed E-state index contributed by atoms with van der Waals surface area (Å²) in [4.78, 5) is 11.5. The van der Waals surface area contributed by atoms with Crippen LogP contribution < -0.4 is 10.1 Å². The first-order valence-electron chi connectivity index (χ1n) is 6.83. The number of hydrogen-bond donors (Lipinski definition) is 1. The maximum Gasteiger partial charge on any atom is 0.407 e. The van der Waals surface area contributed by atoms with Crippen LogP contribution in [-0.4, -0.2) is 23.8 Å². The molecule has 0 bridgehead atoms. The summed E-state index contributed by atoms with van der Waals surface area (Å²) in [5, 5.41) is 2.70. The van der Waals surface area contributed by atoms with E-state index in [-0.39, 0.29) is 23.5 Å². The quantitative estimate of drug-likeness (QED) is 0.930. The zero-order valence-electron chi connectivity index (χ0n) is 12.3. The van der Waals surface area contributed by atoms with Crippen molar-refractivity contribution in [3.63, 3.8) is 0 Å². The maximum atomic E-state index is 13.0. The van der Waals surface area contributed by atoms with Crippen LogP contribution in [0.4, 0.5) is 13.6 Å². The Kier molecular flexibility index (Phi) is 4.34. The molecule has 1 fully saturated rings. The molecule has 21 heavy (non-hydrogen) atoms. The molecule has 6 heteroatoms. The number of benzene rings is 1. The Balaban J connectivity index is 1.74. The van der Waals surface area contributed by atoms with Crippen LogP contribution in [-0.2, 0) is 4.74 Å².